The van der Waals surface area contributed by atoms with Crippen LogP contribution in [-0.2, 0) is 0 Å². The summed E-state index contributed by atoms with van der Waals surface area (Å²) in [5.41, 5.74) is 0. The van der Waals surface area contributed by atoms with Crippen molar-refractivity contribution in [2.75, 3.05) is 20.6 Å². The summed E-state index contributed by atoms with van der Waals surface area (Å²) in [6, 6.07) is 0. The van der Waals surface area contributed by atoms with E-state index in [1.807, 2.05) is 0 Å². The Kier molecular flexibility index (Phi) is 9.91. The highest BCUT2D eigenvalue weighted by Gasteiger charge is 2.17. The summed E-state index contributed by atoms with van der Waals surface area (Å²) < 4.78 is 0. The fraction of sp³-hybridized carbons (Fsp3) is 1.00. The average molecular weight is 241 g/mol. The first kappa shape index (κ1) is 17.0. The van der Waals surface area contributed by atoms with E-state index in [2.05, 4.69) is 46.7 Å². The van der Waals surface area contributed by atoms with Crippen molar-refractivity contribution in [3.8, 4) is 0 Å². The Labute approximate surface area is 110 Å². The number of hydrogen-bond acceptors (Lipinski definition) is 1. The van der Waals surface area contributed by atoms with Crippen LogP contribution in [0.3, 0.4) is 0 Å². The molecule has 0 aromatic rings. The van der Waals surface area contributed by atoms with Gasteiger partial charge in [-0.3, -0.25) is 0 Å². The van der Waals surface area contributed by atoms with Crippen molar-refractivity contribution in [3.05, 3.63) is 0 Å². The predicted octanol–water partition coefficient (Wildman–Crippen LogP) is 4.82. The van der Waals surface area contributed by atoms with Crippen molar-refractivity contribution in [2.24, 2.45) is 17.8 Å². The van der Waals surface area contributed by atoms with Gasteiger partial charge in [0.15, 0.2) is 0 Å². The number of rotatable bonds is 10. The Balaban J connectivity index is 3.92. The lowest BCUT2D eigenvalue weighted by Crippen LogP contribution is -2.26. The highest BCUT2D eigenvalue weighted by Crippen LogP contribution is 2.24. The quantitative estimate of drug-likeness (QED) is 0.496. The zero-order valence-electron chi connectivity index (χ0n) is 13.1. The van der Waals surface area contributed by atoms with E-state index in [9.17, 15) is 0 Å². The monoisotopic (exact) mass is 241 g/mol. The minimum Gasteiger partial charge on any atom is -0.309 e. The zero-order valence-corrected chi connectivity index (χ0v) is 13.1. The van der Waals surface area contributed by atoms with Crippen molar-refractivity contribution in [3.63, 3.8) is 0 Å². The van der Waals surface area contributed by atoms with Crippen molar-refractivity contribution in [2.45, 2.75) is 66.2 Å². The third-order valence-electron chi connectivity index (χ3n) is 3.75. The normalized spacial score (nSPS) is 15.5. The zero-order chi connectivity index (χ0) is 13.3. The maximum atomic E-state index is 2.44. The second-order valence-corrected chi connectivity index (χ2v) is 6.47. The minimum atomic E-state index is 0.871. The molecule has 0 aromatic heterocycles. The molecule has 0 N–H and O–H groups in total. The van der Waals surface area contributed by atoms with E-state index in [0.717, 1.165) is 17.8 Å². The van der Waals surface area contributed by atoms with E-state index >= 15 is 0 Å². The van der Waals surface area contributed by atoms with Crippen molar-refractivity contribution >= 4 is 0 Å². The molecule has 1 nitrogen and oxygen atoms in total. The van der Waals surface area contributed by atoms with Crippen LogP contribution in [0.15, 0.2) is 0 Å². The van der Waals surface area contributed by atoms with E-state index in [1.165, 1.54) is 45.1 Å². The Bertz CT molecular complexity index is 163. The van der Waals surface area contributed by atoms with Crippen LogP contribution in [0.25, 0.3) is 0 Å². The Hall–Kier alpha value is -0.0400. The molecule has 0 spiro atoms. The van der Waals surface area contributed by atoms with Crippen LogP contribution >= 0.6 is 0 Å². The molecule has 0 aliphatic rings. The van der Waals surface area contributed by atoms with Gasteiger partial charge in [-0.1, -0.05) is 59.8 Å². The first-order valence-corrected chi connectivity index (χ1v) is 7.62. The molecular formula is C16H35N. The molecule has 0 heterocycles. The van der Waals surface area contributed by atoms with Crippen LogP contribution < -0.4 is 0 Å². The standard InChI is InChI=1S/C16H35N/c1-7-10-15(4)16(13-17(5)6)12-9-8-11-14(2)3/h14-16H,7-13H2,1-6H3. The van der Waals surface area contributed by atoms with Crippen LogP contribution in [0.4, 0.5) is 0 Å². The SMILES string of the molecule is CCCC(C)C(CCCCC(C)C)CN(C)C. The summed E-state index contributed by atoms with van der Waals surface area (Å²) in [5, 5.41) is 0. The van der Waals surface area contributed by atoms with Gasteiger partial charge in [-0.25, -0.2) is 0 Å². The highest BCUT2D eigenvalue weighted by atomic mass is 15.1. The van der Waals surface area contributed by atoms with Crippen LogP contribution in [-0.4, -0.2) is 25.5 Å². The second-order valence-electron chi connectivity index (χ2n) is 6.47. The van der Waals surface area contributed by atoms with Gasteiger partial charge in [0.25, 0.3) is 0 Å². The van der Waals surface area contributed by atoms with Crippen LogP contribution in [0.5, 0.6) is 0 Å². The summed E-state index contributed by atoms with van der Waals surface area (Å²) in [5.74, 6) is 2.66. The summed E-state index contributed by atoms with van der Waals surface area (Å²) in [6.45, 7) is 10.7. The first-order valence-electron chi connectivity index (χ1n) is 7.62. The summed E-state index contributed by atoms with van der Waals surface area (Å²) in [4.78, 5) is 2.36. The Morgan fingerprint density at radius 2 is 1.47 bits per heavy atom. The lowest BCUT2D eigenvalue weighted by atomic mass is 9.85. The molecule has 0 saturated heterocycles. The van der Waals surface area contributed by atoms with E-state index < -0.39 is 0 Å². The smallest absolute Gasteiger partial charge is 0.000610 e. The molecule has 1 heteroatoms. The highest BCUT2D eigenvalue weighted by molar-refractivity contribution is 4.69. The van der Waals surface area contributed by atoms with Crippen LogP contribution in [0, 0.1) is 17.8 Å². The Morgan fingerprint density at radius 3 is 1.94 bits per heavy atom. The molecule has 0 aliphatic heterocycles. The van der Waals surface area contributed by atoms with Gasteiger partial charge in [0.05, 0.1) is 0 Å². The van der Waals surface area contributed by atoms with Gasteiger partial charge in [-0.05, 0) is 38.3 Å². The summed E-state index contributed by atoms with van der Waals surface area (Å²) in [6.07, 6.45) is 8.38. The molecule has 2 unspecified atom stereocenters. The van der Waals surface area contributed by atoms with E-state index in [0.29, 0.717) is 0 Å². The van der Waals surface area contributed by atoms with Crippen LogP contribution in [0.1, 0.15) is 66.2 Å². The van der Waals surface area contributed by atoms with Gasteiger partial charge >= 0.3 is 0 Å². The minimum absolute atomic E-state index is 0.871. The Morgan fingerprint density at radius 1 is 0.882 bits per heavy atom. The number of unbranched alkanes of at least 4 members (excludes halogenated alkanes) is 1. The molecule has 0 bridgehead atoms. The second kappa shape index (κ2) is 9.94. The van der Waals surface area contributed by atoms with Crippen LogP contribution in [0.2, 0.25) is 0 Å². The lowest BCUT2D eigenvalue weighted by molar-refractivity contribution is 0.229. The van der Waals surface area contributed by atoms with Crippen molar-refractivity contribution in [1.29, 1.82) is 0 Å². The summed E-state index contributed by atoms with van der Waals surface area (Å²) in [7, 11) is 4.42. The molecule has 0 rings (SSSR count). The van der Waals surface area contributed by atoms with E-state index in [-0.39, 0.29) is 0 Å². The molecule has 0 saturated carbocycles. The molecule has 2 atom stereocenters. The third kappa shape index (κ3) is 9.64. The fourth-order valence-electron chi connectivity index (χ4n) is 2.67. The van der Waals surface area contributed by atoms with Gasteiger partial charge in [0, 0.05) is 6.54 Å². The number of nitrogens with zero attached hydrogens (tertiary/aromatic N) is 1. The van der Waals surface area contributed by atoms with Gasteiger partial charge in [0.2, 0.25) is 0 Å². The largest absolute Gasteiger partial charge is 0.309 e. The first-order chi connectivity index (χ1) is 7.97. The molecular weight excluding hydrogens is 206 g/mol. The van der Waals surface area contributed by atoms with Gasteiger partial charge in [-0.15, -0.1) is 0 Å². The van der Waals surface area contributed by atoms with Crippen molar-refractivity contribution in [1.82, 2.24) is 4.90 Å². The predicted molar refractivity (Wildman–Crippen MR) is 79.4 cm³/mol. The van der Waals surface area contributed by atoms with Gasteiger partial charge < -0.3 is 4.90 Å². The lowest BCUT2D eigenvalue weighted by Gasteiger charge is -2.27. The van der Waals surface area contributed by atoms with Crippen molar-refractivity contribution < 1.29 is 0 Å². The maximum Gasteiger partial charge on any atom is 0.000610 e. The number of hydrogen-bond donors (Lipinski definition) is 0. The van der Waals surface area contributed by atoms with Gasteiger partial charge in [-0.2, -0.15) is 0 Å². The third-order valence-corrected chi connectivity index (χ3v) is 3.75. The van der Waals surface area contributed by atoms with E-state index in [1.54, 1.807) is 0 Å². The molecule has 0 aromatic carbocycles. The summed E-state index contributed by atoms with van der Waals surface area (Å²) >= 11 is 0. The average Bonchev–Trinajstić information content (AvgIpc) is 2.22. The molecule has 104 valence electrons. The fourth-order valence-corrected chi connectivity index (χ4v) is 2.67. The molecule has 0 amide bonds. The maximum absolute atomic E-state index is 2.44. The molecule has 17 heavy (non-hydrogen) atoms. The molecule has 0 fully saturated rings. The van der Waals surface area contributed by atoms with Gasteiger partial charge in [0.1, 0.15) is 0 Å². The molecule has 0 radical (unpaired) electrons. The topological polar surface area (TPSA) is 3.24 Å². The molecule has 0 aliphatic carbocycles. The van der Waals surface area contributed by atoms with E-state index in [4.69, 9.17) is 0 Å².